The second-order valence-electron chi connectivity index (χ2n) is 8.74. The summed E-state index contributed by atoms with van der Waals surface area (Å²) in [5, 5.41) is 6.74. The van der Waals surface area contributed by atoms with Crippen LogP contribution in [0.4, 0.5) is 10.1 Å². The molecule has 3 fully saturated rings. The molecule has 1 saturated carbocycles. The van der Waals surface area contributed by atoms with E-state index in [2.05, 4.69) is 26.5 Å². The van der Waals surface area contributed by atoms with Crippen LogP contribution in [0.25, 0.3) is 11.1 Å². The third-order valence-corrected chi connectivity index (χ3v) is 6.85. The van der Waals surface area contributed by atoms with E-state index >= 15 is 0 Å². The van der Waals surface area contributed by atoms with Crippen LogP contribution in [-0.4, -0.2) is 41.3 Å². The Morgan fingerprint density at radius 1 is 1.11 bits per heavy atom. The van der Waals surface area contributed by atoms with Gasteiger partial charge in [-0.2, -0.15) is 5.10 Å². The highest BCUT2D eigenvalue weighted by Gasteiger charge is 2.44. The first kappa shape index (κ1) is 17.2. The summed E-state index contributed by atoms with van der Waals surface area (Å²) < 4.78 is 14.8. The van der Waals surface area contributed by atoms with Gasteiger partial charge < -0.3 is 4.90 Å². The molecule has 2 saturated heterocycles. The molecule has 0 bridgehead atoms. The first-order valence-corrected chi connectivity index (χ1v) is 10.3. The lowest BCUT2D eigenvalue weighted by atomic mass is 9.86. The maximum atomic E-state index is 14.8. The zero-order valence-corrected chi connectivity index (χ0v) is 15.8. The number of hydrogen-bond donors (Lipinski definition) is 1. The molecule has 1 aromatic carbocycles. The molecule has 0 amide bonds. The number of hydrogen-bond acceptors (Lipinski definition) is 3. The van der Waals surface area contributed by atoms with Crippen molar-refractivity contribution in [1.82, 2.24) is 15.1 Å². The second-order valence-corrected chi connectivity index (χ2v) is 8.74. The molecular formula is C22H28FN4. The first-order chi connectivity index (χ1) is 13.2. The molecular weight excluding hydrogens is 339 g/mol. The van der Waals surface area contributed by atoms with Crippen LogP contribution < -0.4 is 4.90 Å². The standard InChI is InChI=1S/C22H28FN4/c23-20-11-18(19-12-24-25-13-19)5-6-21(20)27-10-8-22(16-27)7-9-26(15-22)14-17-3-1-2-4-17/h5-6,11-14,17H,1-4,7-10,15-16H2,(H,24,25). The fourth-order valence-electron chi connectivity index (χ4n) is 5.33. The quantitative estimate of drug-likeness (QED) is 0.866. The molecule has 1 unspecified atom stereocenters. The average molecular weight is 367 g/mol. The van der Waals surface area contributed by atoms with Crippen molar-refractivity contribution in [2.45, 2.75) is 38.5 Å². The average Bonchev–Trinajstić information content (AvgIpc) is 3.45. The number of rotatable bonds is 4. The maximum absolute atomic E-state index is 14.8. The highest BCUT2D eigenvalue weighted by molar-refractivity contribution is 5.65. The van der Waals surface area contributed by atoms with Gasteiger partial charge in [-0.25, -0.2) is 4.39 Å². The van der Waals surface area contributed by atoms with Crippen molar-refractivity contribution in [2.24, 2.45) is 11.3 Å². The molecule has 3 aliphatic rings. The third kappa shape index (κ3) is 3.38. The predicted octanol–water partition coefficient (Wildman–Crippen LogP) is 4.47. The molecule has 1 N–H and O–H groups in total. The summed E-state index contributed by atoms with van der Waals surface area (Å²) in [7, 11) is 0. The number of anilines is 1. The number of halogens is 1. The monoisotopic (exact) mass is 367 g/mol. The molecule has 2 aliphatic heterocycles. The van der Waals surface area contributed by atoms with Crippen molar-refractivity contribution in [3.8, 4) is 11.1 Å². The Morgan fingerprint density at radius 2 is 1.96 bits per heavy atom. The van der Waals surface area contributed by atoms with Gasteiger partial charge in [-0.05, 0) is 55.8 Å². The minimum absolute atomic E-state index is 0.127. The van der Waals surface area contributed by atoms with Crippen molar-refractivity contribution < 1.29 is 4.39 Å². The molecule has 1 aromatic heterocycles. The number of nitrogens with one attached hydrogen (secondary N) is 1. The van der Waals surface area contributed by atoms with E-state index in [1.54, 1.807) is 18.5 Å². The van der Waals surface area contributed by atoms with Crippen LogP contribution in [-0.2, 0) is 0 Å². The second kappa shape index (κ2) is 6.93. The Kier molecular flexibility index (Phi) is 4.43. The normalized spacial score (nSPS) is 26.6. The van der Waals surface area contributed by atoms with Crippen LogP contribution in [0.15, 0.2) is 30.6 Å². The summed E-state index contributed by atoms with van der Waals surface area (Å²) in [6.07, 6.45) is 11.4. The molecule has 5 rings (SSSR count). The van der Waals surface area contributed by atoms with E-state index < -0.39 is 0 Å². The molecule has 3 heterocycles. The van der Waals surface area contributed by atoms with Crippen LogP contribution in [0.5, 0.6) is 0 Å². The van der Waals surface area contributed by atoms with Gasteiger partial charge in [0.15, 0.2) is 0 Å². The fraction of sp³-hybridized carbons (Fsp3) is 0.545. The molecule has 1 spiro atoms. The van der Waals surface area contributed by atoms with E-state index in [4.69, 9.17) is 0 Å². The van der Waals surface area contributed by atoms with E-state index in [1.807, 2.05) is 12.1 Å². The Labute approximate surface area is 160 Å². The SMILES string of the molecule is Fc1cc(-c2cn[nH]c2)ccc1N1CCC2(CCN([CH]C3CCCC3)C2)C1. The van der Waals surface area contributed by atoms with Crippen molar-refractivity contribution in [3.05, 3.63) is 43.0 Å². The van der Waals surface area contributed by atoms with Gasteiger partial charge in [-0.15, -0.1) is 0 Å². The Hall–Kier alpha value is -1.88. The Balaban J connectivity index is 1.25. The maximum Gasteiger partial charge on any atom is 0.147 e. The van der Waals surface area contributed by atoms with Crippen molar-refractivity contribution >= 4 is 5.69 Å². The lowest BCUT2D eigenvalue weighted by Gasteiger charge is -2.26. The summed E-state index contributed by atoms with van der Waals surface area (Å²) in [6.45, 7) is 6.77. The summed E-state index contributed by atoms with van der Waals surface area (Å²) in [4.78, 5) is 4.82. The first-order valence-electron chi connectivity index (χ1n) is 10.3. The number of benzene rings is 1. The zero-order chi connectivity index (χ0) is 18.3. The summed E-state index contributed by atoms with van der Waals surface area (Å²) in [5.74, 6) is 0.670. The van der Waals surface area contributed by atoms with E-state index in [1.165, 1.54) is 45.1 Å². The summed E-state index contributed by atoms with van der Waals surface area (Å²) in [5.41, 5.74) is 2.88. The number of aromatic amines is 1. The van der Waals surface area contributed by atoms with E-state index in [-0.39, 0.29) is 5.82 Å². The highest BCUT2D eigenvalue weighted by atomic mass is 19.1. The van der Waals surface area contributed by atoms with Gasteiger partial charge in [0.25, 0.3) is 0 Å². The van der Waals surface area contributed by atoms with Gasteiger partial charge in [0.2, 0.25) is 0 Å². The fourth-order valence-corrected chi connectivity index (χ4v) is 5.33. The van der Waals surface area contributed by atoms with Crippen LogP contribution in [0, 0.1) is 23.7 Å². The molecule has 1 radical (unpaired) electrons. The Morgan fingerprint density at radius 3 is 2.74 bits per heavy atom. The van der Waals surface area contributed by atoms with E-state index in [0.29, 0.717) is 5.41 Å². The zero-order valence-electron chi connectivity index (χ0n) is 15.8. The smallest absolute Gasteiger partial charge is 0.147 e. The third-order valence-electron chi connectivity index (χ3n) is 6.85. The largest absolute Gasteiger partial charge is 0.369 e. The number of nitrogens with zero attached hydrogens (tertiary/aromatic N) is 3. The molecule has 4 nitrogen and oxygen atoms in total. The molecule has 143 valence electrons. The van der Waals surface area contributed by atoms with Crippen LogP contribution in [0.3, 0.4) is 0 Å². The highest BCUT2D eigenvalue weighted by Crippen LogP contribution is 2.43. The summed E-state index contributed by atoms with van der Waals surface area (Å²) in [6, 6.07) is 5.58. The lowest BCUT2D eigenvalue weighted by Crippen LogP contribution is -2.31. The molecule has 27 heavy (non-hydrogen) atoms. The van der Waals surface area contributed by atoms with Gasteiger partial charge in [0, 0.05) is 43.4 Å². The number of aromatic nitrogens is 2. The molecule has 2 aromatic rings. The van der Waals surface area contributed by atoms with Crippen LogP contribution in [0.2, 0.25) is 0 Å². The summed E-state index contributed by atoms with van der Waals surface area (Å²) >= 11 is 0. The lowest BCUT2D eigenvalue weighted by molar-refractivity contribution is 0.288. The molecule has 1 atom stereocenters. The van der Waals surface area contributed by atoms with Crippen molar-refractivity contribution in [2.75, 3.05) is 31.1 Å². The van der Waals surface area contributed by atoms with Gasteiger partial charge in [-0.3, -0.25) is 10.00 Å². The molecule has 5 heteroatoms. The minimum Gasteiger partial charge on any atom is -0.369 e. The minimum atomic E-state index is -0.127. The van der Waals surface area contributed by atoms with Gasteiger partial charge >= 0.3 is 0 Å². The molecule has 1 aliphatic carbocycles. The van der Waals surface area contributed by atoms with E-state index in [9.17, 15) is 4.39 Å². The number of likely N-dealkylation sites (tertiary alicyclic amines) is 1. The predicted molar refractivity (Wildman–Crippen MR) is 106 cm³/mol. The van der Waals surface area contributed by atoms with Crippen molar-refractivity contribution in [1.29, 1.82) is 0 Å². The van der Waals surface area contributed by atoms with E-state index in [0.717, 1.165) is 42.4 Å². The Bertz CT molecular complexity index is 784. The van der Waals surface area contributed by atoms with Crippen LogP contribution >= 0.6 is 0 Å². The van der Waals surface area contributed by atoms with Gasteiger partial charge in [-0.1, -0.05) is 18.9 Å². The van der Waals surface area contributed by atoms with Crippen molar-refractivity contribution in [3.63, 3.8) is 0 Å². The van der Waals surface area contributed by atoms with Gasteiger partial charge in [0.05, 0.1) is 11.9 Å². The van der Waals surface area contributed by atoms with Crippen LogP contribution in [0.1, 0.15) is 38.5 Å². The number of H-pyrrole nitrogens is 1. The van der Waals surface area contributed by atoms with Gasteiger partial charge in [0.1, 0.15) is 5.82 Å². The topological polar surface area (TPSA) is 35.2 Å².